The van der Waals surface area contributed by atoms with Gasteiger partial charge in [-0.25, -0.2) is 22.3 Å². The lowest BCUT2D eigenvalue weighted by molar-refractivity contribution is 0.324. The topological polar surface area (TPSA) is 106 Å². The van der Waals surface area contributed by atoms with Crippen LogP contribution >= 0.6 is 11.6 Å². The van der Waals surface area contributed by atoms with Crippen molar-refractivity contribution in [3.8, 4) is 0 Å². The van der Waals surface area contributed by atoms with Gasteiger partial charge in [0.2, 0.25) is 0 Å². The highest BCUT2D eigenvalue weighted by Gasteiger charge is 2.50. The van der Waals surface area contributed by atoms with Gasteiger partial charge in [0.15, 0.2) is 9.84 Å². The second-order valence-electron chi connectivity index (χ2n) is 7.01. The molecule has 0 spiro atoms. The fraction of sp³-hybridized carbons (Fsp3) is 0.333. The zero-order valence-electron chi connectivity index (χ0n) is 15.1. The van der Waals surface area contributed by atoms with Gasteiger partial charge >= 0.3 is 0 Å². The third-order valence-corrected chi connectivity index (χ3v) is 8.65. The molecule has 6 nitrogen and oxygen atoms in total. The highest BCUT2D eigenvalue weighted by molar-refractivity contribution is 7.92. The number of nitrogens with two attached hydrogens (primary N) is 1. The van der Waals surface area contributed by atoms with Gasteiger partial charge in [-0.1, -0.05) is 11.6 Å². The van der Waals surface area contributed by atoms with Crippen LogP contribution in [0, 0.1) is 11.6 Å². The molecule has 1 fully saturated rings. The Morgan fingerprint density at radius 3 is 2.14 bits per heavy atom. The molecule has 0 saturated heterocycles. The van der Waals surface area contributed by atoms with E-state index in [-0.39, 0.29) is 36.1 Å². The zero-order valence-corrected chi connectivity index (χ0v) is 17.5. The number of rotatable bonds is 5. The van der Waals surface area contributed by atoms with Crippen molar-refractivity contribution in [2.75, 3.05) is 0 Å². The minimum atomic E-state index is -4.17. The molecule has 0 bridgehead atoms. The Morgan fingerprint density at radius 2 is 1.59 bits per heavy atom. The summed E-state index contributed by atoms with van der Waals surface area (Å²) < 4.78 is 78.9. The molecule has 11 heteroatoms. The van der Waals surface area contributed by atoms with E-state index in [1.807, 2.05) is 0 Å². The van der Waals surface area contributed by atoms with E-state index in [4.69, 9.17) is 16.7 Å². The second-order valence-corrected chi connectivity index (χ2v) is 11.0. The summed E-state index contributed by atoms with van der Waals surface area (Å²) in [6.45, 7) is 0. The van der Waals surface area contributed by atoms with E-state index in [0.717, 1.165) is 18.2 Å². The van der Waals surface area contributed by atoms with Crippen LogP contribution in [0.3, 0.4) is 0 Å². The van der Waals surface area contributed by atoms with Gasteiger partial charge in [-0.15, -0.1) is 0 Å². The van der Waals surface area contributed by atoms with E-state index >= 15 is 0 Å². The Morgan fingerprint density at radius 1 is 1.00 bits per heavy atom. The molecule has 0 heterocycles. The molecule has 29 heavy (non-hydrogen) atoms. The van der Waals surface area contributed by atoms with Crippen LogP contribution in [0.25, 0.3) is 0 Å². The highest BCUT2D eigenvalue weighted by atomic mass is 35.5. The quantitative estimate of drug-likeness (QED) is 0.709. The lowest BCUT2D eigenvalue weighted by Crippen LogP contribution is -2.47. The zero-order chi connectivity index (χ0) is 21.4. The number of nitrogens with one attached hydrogen (secondary N) is 1. The Balaban J connectivity index is 2.11. The van der Waals surface area contributed by atoms with Crippen molar-refractivity contribution in [3.63, 3.8) is 0 Å². The molecule has 2 aromatic rings. The van der Waals surface area contributed by atoms with Crippen LogP contribution in [0.1, 0.15) is 31.2 Å². The predicted octanol–water partition coefficient (Wildman–Crippen LogP) is 3.02. The monoisotopic (exact) mass is 464 g/mol. The molecular formula is C18H19ClF2N2O4S2. The van der Waals surface area contributed by atoms with Gasteiger partial charge in [-0.3, -0.25) is 0 Å². The molecule has 158 valence electrons. The van der Waals surface area contributed by atoms with Gasteiger partial charge in [-0.2, -0.15) is 13.1 Å². The first-order chi connectivity index (χ1) is 13.4. The molecular weight excluding hydrogens is 446 g/mol. The molecule has 1 saturated carbocycles. The van der Waals surface area contributed by atoms with Crippen LogP contribution in [0.5, 0.6) is 0 Å². The molecule has 1 aliphatic carbocycles. The third-order valence-electron chi connectivity index (χ3n) is 5.18. The van der Waals surface area contributed by atoms with Crippen molar-refractivity contribution in [2.45, 2.75) is 41.4 Å². The van der Waals surface area contributed by atoms with E-state index in [2.05, 4.69) is 4.72 Å². The number of sulfone groups is 1. The molecule has 0 radical (unpaired) electrons. The number of hydrogen-bond acceptors (Lipinski definition) is 4. The van der Waals surface area contributed by atoms with Gasteiger partial charge in [-0.05, 0) is 68.1 Å². The Labute approximate surface area is 173 Å². The van der Waals surface area contributed by atoms with Gasteiger partial charge < -0.3 is 0 Å². The average Bonchev–Trinajstić information content (AvgIpc) is 2.63. The number of benzene rings is 2. The number of hydrogen-bond donors (Lipinski definition) is 2. The lowest BCUT2D eigenvalue weighted by atomic mass is 9.80. The summed E-state index contributed by atoms with van der Waals surface area (Å²) in [5.41, 5.74) is -0.276. The average molecular weight is 465 g/mol. The molecule has 0 aromatic heterocycles. The summed E-state index contributed by atoms with van der Waals surface area (Å²) in [7, 11) is -8.15. The molecule has 0 unspecified atom stereocenters. The van der Waals surface area contributed by atoms with Crippen molar-refractivity contribution in [1.82, 2.24) is 4.72 Å². The minimum Gasteiger partial charge on any atom is -0.223 e. The van der Waals surface area contributed by atoms with Crippen LogP contribution in [0.15, 0.2) is 47.4 Å². The second kappa shape index (κ2) is 7.92. The summed E-state index contributed by atoms with van der Waals surface area (Å²) in [4.78, 5) is -0.0802. The fourth-order valence-corrected chi connectivity index (χ4v) is 6.79. The molecule has 0 amide bonds. The van der Waals surface area contributed by atoms with Crippen molar-refractivity contribution in [1.29, 1.82) is 0 Å². The molecule has 3 N–H and O–H groups in total. The van der Waals surface area contributed by atoms with Crippen molar-refractivity contribution >= 4 is 31.6 Å². The van der Waals surface area contributed by atoms with E-state index in [1.54, 1.807) is 0 Å². The van der Waals surface area contributed by atoms with Gasteiger partial charge in [0.1, 0.15) is 16.4 Å². The first-order valence-electron chi connectivity index (χ1n) is 8.70. The smallest absolute Gasteiger partial charge is 0.223 e. The van der Waals surface area contributed by atoms with Gasteiger partial charge in [0.05, 0.1) is 4.90 Å². The van der Waals surface area contributed by atoms with Crippen molar-refractivity contribution < 1.29 is 25.6 Å². The SMILES string of the molecule is NS(=O)(=O)NC1CCC(c2cc(F)ccc2F)(S(=O)(=O)c2ccc(Cl)cc2)CC1. The molecule has 1 aliphatic rings. The van der Waals surface area contributed by atoms with Crippen LogP contribution in [-0.2, 0) is 24.8 Å². The molecule has 2 aromatic carbocycles. The van der Waals surface area contributed by atoms with E-state index < -0.39 is 42.5 Å². The lowest BCUT2D eigenvalue weighted by Gasteiger charge is -2.40. The standard InChI is InChI=1S/C18H19ClF2N2O4S2/c19-12-1-4-15(5-2-12)28(24,25)18(16-11-13(20)3-6-17(16)21)9-7-14(8-10-18)23-29(22,26)27/h1-6,11,14,23H,7-10H2,(H2,22,26,27). The summed E-state index contributed by atoms with van der Waals surface area (Å²) in [6.07, 6.45) is -0.0740. The molecule has 3 rings (SSSR count). The largest absolute Gasteiger partial charge is 0.274 e. The first-order valence-corrected chi connectivity index (χ1v) is 12.1. The Kier molecular flexibility index (Phi) is 6.03. The van der Waals surface area contributed by atoms with Crippen LogP contribution < -0.4 is 9.86 Å². The summed E-state index contributed by atoms with van der Waals surface area (Å²) in [5, 5.41) is 5.33. The molecule has 0 atom stereocenters. The highest BCUT2D eigenvalue weighted by Crippen LogP contribution is 2.48. The number of halogens is 3. The summed E-state index contributed by atoms with van der Waals surface area (Å²) in [5.74, 6) is -1.61. The normalized spacial score (nSPS) is 23.1. The van der Waals surface area contributed by atoms with Gasteiger partial charge in [0, 0.05) is 16.6 Å². The van der Waals surface area contributed by atoms with Gasteiger partial charge in [0.25, 0.3) is 10.2 Å². The van der Waals surface area contributed by atoms with E-state index in [9.17, 15) is 25.6 Å². The summed E-state index contributed by atoms with van der Waals surface area (Å²) >= 11 is 5.84. The Hall–Kier alpha value is -1.59. The molecule has 0 aliphatic heterocycles. The van der Waals surface area contributed by atoms with E-state index in [1.165, 1.54) is 24.3 Å². The first kappa shape index (κ1) is 22.1. The predicted molar refractivity (Wildman–Crippen MR) is 105 cm³/mol. The van der Waals surface area contributed by atoms with Crippen molar-refractivity contribution in [2.24, 2.45) is 5.14 Å². The maximum Gasteiger partial charge on any atom is 0.274 e. The van der Waals surface area contributed by atoms with Crippen LogP contribution in [-0.4, -0.2) is 22.9 Å². The van der Waals surface area contributed by atoms with Crippen LogP contribution in [0.2, 0.25) is 5.02 Å². The third kappa shape index (κ3) is 4.46. The summed E-state index contributed by atoms with van der Waals surface area (Å²) in [6, 6.07) is 7.51. The van der Waals surface area contributed by atoms with Crippen LogP contribution in [0.4, 0.5) is 8.78 Å². The minimum absolute atomic E-state index is 0.0802. The maximum absolute atomic E-state index is 14.7. The van der Waals surface area contributed by atoms with Crippen molar-refractivity contribution in [3.05, 3.63) is 64.7 Å². The van der Waals surface area contributed by atoms with E-state index in [0.29, 0.717) is 5.02 Å². The maximum atomic E-state index is 14.7. The Bertz CT molecular complexity index is 1120. The fourth-order valence-electron chi connectivity index (χ4n) is 3.80.